The van der Waals surface area contributed by atoms with Crippen LogP contribution >= 0.6 is 11.8 Å². The van der Waals surface area contributed by atoms with Gasteiger partial charge in [-0.2, -0.15) is 15.3 Å². The first-order chi connectivity index (χ1) is 30.3. The molecule has 9 aromatic heterocycles. The van der Waals surface area contributed by atoms with Crippen LogP contribution in [0.2, 0.25) is 0 Å². The lowest BCUT2D eigenvalue weighted by Gasteiger charge is -2.04. The highest BCUT2D eigenvalue weighted by Crippen LogP contribution is 2.32. The number of fused-ring (bicyclic) bond motifs is 3. The summed E-state index contributed by atoms with van der Waals surface area (Å²) in [7, 11) is -4.26. The van der Waals surface area contributed by atoms with Crippen molar-refractivity contribution in [2.24, 2.45) is 0 Å². The molecule has 0 aliphatic carbocycles. The molecule has 0 radical (unpaired) electrons. The van der Waals surface area contributed by atoms with Crippen LogP contribution < -0.4 is 0 Å². The van der Waals surface area contributed by atoms with Gasteiger partial charge < -0.3 is 15.0 Å². The highest BCUT2D eigenvalue weighted by atomic mass is 32.2. The van der Waals surface area contributed by atoms with Crippen LogP contribution in [0, 0.1) is 0 Å². The minimum absolute atomic E-state index is 0.155. The Bertz CT molecular complexity index is 2870. The summed E-state index contributed by atoms with van der Waals surface area (Å²) in [5, 5.41) is 35.2. The molecule has 62 heavy (non-hydrogen) atoms. The molecule has 17 nitrogen and oxygen atoms in total. The molecule has 0 spiro atoms. The standard InChI is InChI=1S/C14H16N4O2S.C14H16N4OS.C14H16N4S.H2O2/c1-2-3-4-21(19,20)11-5-12-13(10-6-17-18-7-10)9-16-14(12)15-8-11;1-2-3-4-20(19)11-5-12-13(10-6-17-18-7-10)9-16-14(12)15-8-11;1-2-3-4-19-11-5-12-13(10-6-17-18-7-10)9-16-14(12)15-8-11;1-2/h5-9H,2-4H2,1H3,(H,15,16)(H,17,18);5-9H,2-4H2,1H3,(H,15,16)(H,17,18);5-9H,2-4H2,1H3,(H,15,16)(H,17,18);1-2H. The molecule has 9 rings (SSSR count). The van der Waals surface area contributed by atoms with E-state index in [1.54, 1.807) is 30.9 Å². The van der Waals surface area contributed by atoms with Crippen molar-refractivity contribution in [2.45, 2.75) is 74.0 Å². The van der Waals surface area contributed by atoms with Crippen LogP contribution in [0.1, 0.15) is 59.3 Å². The molecule has 326 valence electrons. The summed E-state index contributed by atoms with van der Waals surface area (Å²) in [5.41, 5.74) is 8.43. The molecule has 9 aromatic rings. The molecule has 0 aliphatic rings. The summed E-state index contributed by atoms with van der Waals surface area (Å²) < 4.78 is 36.8. The van der Waals surface area contributed by atoms with Crippen molar-refractivity contribution >= 4 is 65.5 Å². The van der Waals surface area contributed by atoms with Crippen molar-refractivity contribution in [1.29, 1.82) is 0 Å². The molecule has 0 bridgehead atoms. The Kier molecular flexibility index (Phi) is 16.4. The number of sulfone groups is 1. The molecule has 0 saturated heterocycles. The first-order valence-corrected chi connectivity index (χ1v) is 24.1. The third-order valence-electron chi connectivity index (χ3n) is 9.78. The summed E-state index contributed by atoms with van der Waals surface area (Å²) in [4.78, 5) is 24.7. The number of unbranched alkanes of at least 4 members (excludes halogenated alkanes) is 3. The first kappa shape index (κ1) is 45.6. The van der Waals surface area contributed by atoms with E-state index in [1.807, 2.05) is 68.1 Å². The van der Waals surface area contributed by atoms with Gasteiger partial charge in [0.1, 0.15) is 16.9 Å². The number of pyridine rings is 3. The Labute approximate surface area is 364 Å². The predicted octanol–water partition coefficient (Wildman–Crippen LogP) is 9.25. The molecule has 20 heteroatoms. The average molecular weight is 899 g/mol. The van der Waals surface area contributed by atoms with Crippen molar-refractivity contribution in [2.75, 3.05) is 17.3 Å². The van der Waals surface area contributed by atoms with Crippen molar-refractivity contribution in [3.05, 3.63) is 92.6 Å². The van der Waals surface area contributed by atoms with E-state index in [0.29, 0.717) is 17.8 Å². The van der Waals surface area contributed by atoms with Crippen LogP contribution in [0.4, 0.5) is 0 Å². The summed E-state index contributed by atoms with van der Waals surface area (Å²) in [5.74, 6) is 1.99. The number of aromatic nitrogens is 12. The lowest BCUT2D eigenvalue weighted by molar-refractivity contribution is -0.176. The first-order valence-electron chi connectivity index (χ1n) is 20.1. The molecule has 0 amide bonds. The Morgan fingerprint density at radius 2 is 1.08 bits per heavy atom. The van der Waals surface area contributed by atoms with Gasteiger partial charge in [-0.3, -0.25) is 30.0 Å². The molecular formula is C42H50N12O5S3. The van der Waals surface area contributed by atoms with Crippen molar-refractivity contribution in [3.63, 3.8) is 0 Å². The maximum Gasteiger partial charge on any atom is 0.179 e. The highest BCUT2D eigenvalue weighted by Gasteiger charge is 2.18. The molecule has 0 saturated carbocycles. The molecule has 0 aliphatic heterocycles. The second-order valence-electron chi connectivity index (χ2n) is 14.0. The van der Waals surface area contributed by atoms with Crippen molar-refractivity contribution in [3.8, 4) is 33.4 Å². The predicted molar refractivity (Wildman–Crippen MR) is 245 cm³/mol. The summed E-state index contributed by atoms with van der Waals surface area (Å²) in [6.07, 6.45) is 27.5. The molecule has 0 fully saturated rings. The normalized spacial score (nSPS) is 11.8. The van der Waals surface area contributed by atoms with E-state index >= 15 is 0 Å². The fraction of sp³-hybridized carbons (Fsp3) is 0.286. The average Bonchev–Trinajstić information content (AvgIpc) is 4.16. The quantitative estimate of drug-likeness (QED) is 0.0207. The van der Waals surface area contributed by atoms with Gasteiger partial charge in [0.15, 0.2) is 9.84 Å². The van der Waals surface area contributed by atoms with Gasteiger partial charge in [0, 0.05) is 116 Å². The van der Waals surface area contributed by atoms with Crippen molar-refractivity contribution < 1.29 is 23.1 Å². The smallest absolute Gasteiger partial charge is 0.179 e. The number of thioether (sulfide) groups is 1. The maximum atomic E-state index is 12.3. The fourth-order valence-electron chi connectivity index (χ4n) is 6.42. The Balaban J connectivity index is 0.000000152. The van der Waals surface area contributed by atoms with Gasteiger partial charge in [-0.15, -0.1) is 11.8 Å². The van der Waals surface area contributed by atoms with Crippen LogP contribution in [-0.4, -0.2) is 101 Å². The van der Waals surface area contributed by atoms with E-state index in [9.17, 15) is 12.6 Å². The van der Waals surface area contributed by atoms with Gasteiger partial charge in [0.25, 0.3) is 0 Å². The summed E-state index contributed by atoms with van der Waals surface area (Å²) >= 11 is 1.87. The molecule has 1 atom stereocenters. The zero-order valence-corrected chi connectivity index (χ0v) is 37.0. The fourth-order valence-corrected chi connectivity index (χ4v) is 10.0. The lowest BCUT2D eigenvalue weighted by Crippen LogP contribution is -2.06. The maximum absolute atomic E-state index is 12.3. The summed E-state index contributed by atoms with van der Waals surface area (Å²) in [6.45, 7) is 6.28. The number of nitrogens with zero attached hydrogens (tertiary/aromatic N) is 6. The Morgan fingerprint density at radius 1 is 0.597 bits per heavy atom. The minimum Gasteiger partial charge on any atom is -0.346 e. The van der Waals surface area contributed by atoms with E-state index in [0.717, 1.165) is 90.7 Å². The van der Waals surface area contributed by atoms with Crippen LogP contribution in [0.3, 0.4) is 0 Å². The van der Waals surface area contributed by atoms with Crippen LogP contribution in [-0.2, 0) is 20.6 Å². The van der Waals surface area contributed by atoms with Crippen molar-refractivity contribution in [1.82, 2.24) is 60.5 Å². The van der Waals surface area contributed by atoms with Gasteiger partial charge >= 0.3 is 0 Å². The van der Waals surface area contributed by atoms with Gasteiger partial charge in [0.2, 0.25) is 0 Å². The monoisotopic (exact) mass is 898 g/mol. The lowest BCUT2D eigenvalue weighted by atomic mass is 10.1. The minimum atomic E-state index is -3.28. The SMILES string of the molecule is CCCCS(=O)(=O)c1cnc2[nH]cc(-c3cn[nH]c3)c2c1.CCCCS(=O)c1cnc2[nH]cc(-c3cn[nH]c3)c2c1.CCCCSc1cnc2[nH]cc(-c3cn[nH]c3)c2c1.OO. The summed E-state index contributed by atoms with van der Waals surface area (Å²) in [6, 6.07) is 5.86. The van der Waals surface area contributed by atoms with E-state index in [-0.39, 0.29) is 10.6 Å². The molecule has 1 unspecified atom stereocenters. The molecule has 0 aromatic carbocycles. The number of hydrogen-bond acceptors (Lipinski definition) is 12. The molecule has 9 heterocycles. The third-order valence-corrected chi connectivity index (χ3v) is 14.0. The number of rotatable bonds is 15. The number of H-pyrrole nitrogens is 6. The number of hydrogen-bond donors (Lipinski definition) is 8. The van der Waals surface area contributed by atoms with E-state index in [4.69, 9.17) is 10.5 Å². The number of nitrogens with one attached hydrogen (secondary N) is 6. The molecule has 8 N–H and O–H groups in total. The van der Waals surface area contributed by atoms with Crippen LogP contribution in [0.5, 0.6) is 0 Å². The largest absolute Gasteiger partial charge is 0.346 e. The number of aromatic amines is 6. The Morgan fingerprint density at radius 3 is 1.58 bits per heavy atom. The van der Waals surface area contributed by atoms with Gasteiger partial charge in [-0.25, -0.2) is 23.4 Å². The second-order valence-corrected chi connectivity index (χ2v) is 18.9. The van der Waals surface area contributed by atoms with Gasteiger partial charge in [-0.1, -0.05) is 40.0 Å². The zero-order valence-electron chi connectivity index (χ0n) is 34.6. The highest BCUT2D eigenvalue weighted by molar-refractivity contribution is 7.99. The second kappa shape index (κ2) is 22.2. The van der Waals surface area contributed by atoms with E-state index in [2.05, 4.69) is 80.4 Å². The molecular weight excluding hydrogens is 849 g/mol. The van der Waals surface area contributed by atoms with Gasteiger partial charge in [0.05, 0.1) is 44.9 Å². The van der Waals surface area contributed by atoms with E-state index < -0.39 is 20.6 Å². The van der Waals surface area contributed by atoms with Crippen LogP contribution in [0.25, 0.3) is 66.5 Å². The third kappa shape index (κ3) is 11.1. The van der Waals surface area contributed by atoms with Crippen LogP contribution in [0.15, 0.2) is 107 Å². The zero-order chi connectivity index (χ0) is 43.9. The van der Waals surface area contributed by atoms with E-state index in [1.165, 1.54) is 23.9 Å². The topological polar surface area (TPSA) is 264 Å². The van der Waals surface area contributed by atoms with Gasteiger partial charge in [-0.05, 0) is 43.2 Å². The Hall–Kier alpha value is -5.93.